The van der Waals surface area contributed by atoms with Crippen LogP contribution in [0.5, 0.6) is 11.5 Å². The molecule has 0 saturated carbocycles. The monoisotopic (exact) mass is 395 g/mol. The number of carboxylic acid groups (broad SMARTS) is 1. The molecule has 2 atom stereocenters. The Kier molecular flexibility index (Phi) is 10.4. The largest absolute Gasteiger partial charge is 0.493 e. The number of methoxy groups -OCH3 is 2. The molecule has 0 fully saturated rings. The van der Waals surface area contributed by atoms with Crippen LogP contribution in [0.2, 0.25) is 0 Å². The zero-order chi connectivity index (χ0) is 21.1. The first-order chi connectivity index (χ1) is 13.3. The van der Waals surface area contributed by atoms with E-state index in [1.807, 2.05) is 18.2 Å². The Morgan fingerprint density at radius 1 is 1.14 bits per heavy atom. The third-order valence-electron chi connectivity index (χ3n) is 4.63. The summed E-state index contributed by atoms with van der Waals surface area (Å²) < 4.78 is 16.2. The smallest absolute Gasteiger partial charge is 0.326 e. The molecular weight excluding hydrogens is 362 g/mol. The van der Waals surface area contributed by atoms with Crippen molar-refractivity contribution in [2.75, 3.05) is 27.4 Å². The number of carbonyl (C=O) groups is 2. The van der Waals surface area contributed by atoms with Crippen LogP contribution < -0.4 is 14.8 Å². The molecule has 0 aromatic heterocycles. The molecule has 2 N–H and O–H groups in total. The number of ether oxygens (including phenoxy) is 3. The molecule has 0 radical (unpaired) electrons. The van der Waals surface area contributed by atoms with Crippen LogP contribution in [0.25, 0.3) is 0 Å². The van der Waals surface area contributed by atoms with Crippen molar-refractivity contribution in [2.24, 2.45) is 11.8 Å². The Labute approximate surface area is 167 Å². The van der Waals surface area contributed by atoms with Crippen molar-refractivity contribution in [3.05, 3.63) is 23.8 Å². The zero-order valence-electron chi connectivity index (χ0n) is 17.5. The first-order valence-electron chi connectivity index (χ1n) is 9.57. The molecule has 7 heteroatoms. The highest BCUT2D eigenvalue weighted by Gasteiger charge is 2.25. The average molecular weight is 395 g/mol. The van der Waals surface area contributed by atoms with Crippen LogP contribution in [0.3, 0.4) is 0 Å². The van der Waals surface area contributed by atoms with Gasteiger partial charge < -0.3 is 24.6 Å². The molecule has 7 nitrogen and oxygen atoms in total. The maximum atomic E-state index is 11.5. The Balaban J connectivity index is 2.90. The van der Waals surface area contributed by atoms with Gasteiger partial charge in [0.2, 0.25) is 5.91 Å². The quantitative estimate of drug-likeness (QED) is 0.499. The van der Waals surface area contributed by atoms with E-state index in [0.29, 0.717) is 37.6 Å². The maximum Gasteiger partial charge on any atom is 0.326 e. The van der Waals surface area contributed by atoms with Gasteiger partial charge in [0, 0.05) is 27.1 Å². The molecule has 1 amide bonds. The summed E-state index contributed by atoms with van der Waals surface area (Å²) in [7, 11) is 3.25. The van der Waals surface area contributed by atoms with E-state index in [1.165, 1.54) is 6.92 Å². The highest BCUT2D eigenvalue weighted by Crippen LogP contribution is 2.31. The van der Waals surface area contributed by atoms with Crippen LogP contribution in [-0.4, -0.2) is 50.5 Å². The molecule has 0 bridgehead atoms. The van der Waals surface area contributed by atoms with E-state index in [9.17, 15) is 14.7 Å². The molecule has 0 aliphatic carbocycles. The standard InChI is InChI=1S/C21H33NO6/c1-14(2)17(13-18(21(24)25)22-15(3)23)11-16-7-8-19(27-5)20(12-16)28-10-6-9-26-4/h7-8,12,14,17-18H,6,9-11,13H2,1-5H3,(H,22,23)(H,24,25). The Morgan fingerprint density at radius 2 is 1.86 bits per heavy atom. The summed E-state index contributed by atoms with van der Waals surface area (Å²) in [5.74, 6) is 0.300. The van der Waals surface area contributed by atoms with E-state index >= 15 is 0 Å². The van der Waals surface area contributed by atoms with E-state index in [0.717, 1.165) is 12.0 Å². The summed E-state index contributed by atoms with van der Waals surface area (Å²) in [6.07, 6.45) is 1.82. The van der Waals surface area contributed by atoms with Crippen LogP contribution in [0, 0.1) is 11.8 Å². The number of aliphatic carboxylic acids is 1. The van der Waals surface area contributed by atoms with Gasteiger partial charge in [-0.2, -0.15) is 0 Å². The second kappa shape index (κ2) is 12.2. The molecule has 0 saturated heterocycles. The van der Waals surface area contributed by atoms with E-state index in [-0.39, 0.29) is 17.7 Å². The molecule has 0 spiro atoms. The van der Waals surface area contributed by atoms with Gasteiger partial charge in [0.25, 0.3) is 0 Å². The zero-order valence-corrected chi connectivity index (χ0v) is 17.5. The van der Waals surface area contributed by atoms with Crippen LogP contribution in [0.15, 0.2) is 18.2 Å². The number of rotatable bonds is 13. The lowest BCUT2D eigenvalue weighted by molar-refractivity contribution is -0.142. The molecular formula is C21H33NO6. The van der Waals surface area contributed by atoms with Crippen molar-refractivity contribution < 1.29 is 28.9 Å². The third kappa shape index (κ3) is 8.17. The van der Waals surface area contributed by atoms with Gasteiger partial charge in [-0.3, -0.25) is 4.79 Å². The van der Waals surface area contributed by atoms with E-state index < -0.39 is 12.0 Å². The van der Waals surface area contributed by atoms with Crippen molar-refractivity contribution in [3.8, 4) is 11.5 Å². The normalized spacial score (nSPS) is 13.1. The molecule has 2 unspecified atom stereocenters. The molecule has 0 heterocycles. The topological polar surface area (TPSA) is 94.1 Å². The second-order valence-corrected chi connectivity index (χ2v) is 7.22. The second-order valence-electron chi connectivity index (χ2n) is 7.22. The predicted octanol–water partition coefficient (Wildman–Crippen LogP) is 2.90. The Morgan fingerprint density at radius 3 is 2.39 bits per heavy atom. The first-order valence-corrected chi connectivity index (χ1v) is 9.57. The lowest BCUT2D eigenvalue weighted by Crippen LogP contribution is -2.41. The third-order valence-corrected chi connectivity index (χ3v) is 4.63. The molecule has 28 heavy (non-hydrogen) atoms. The fraction of sp³-hybridized carbons (Fsp3) is 0.619. The van der Waals surface area contributed by atoms with Crippen molar-refractivity contribution in [2.45, 2.75) is 46.1 Å². The molecule has 1 aromatic rings. The number of hydrogen-bond acceptors (Lipinski definition) is 5. The predicted molar refractivity (Wildman–Crippen MR) is 107 cm³/mol. The molecule has 158 valence electrons. The number of benzene rings is 1. The molecule has 0 aliphatic rings. The van der Waals surface area contributed by atoms with Gasteiger partial charge in [0.05, 0.1) is 13.7 Å². The van der Waals surface area contributed by atoms with Crippen molar-refractivity contribution >= 4 is 11.9 Å². The van der Waals surface area contributed by atoms with Gasteiger partial charge in [0.15, 0.2) is 11.5 Å². The maximum absolute atomic E-state index is 11.5. The van der Waals surface area contributed by atoms with E-state index in [4.69, 9.17) is 14.2 Å². The highest BCUT2D eigenvalue weighted by molar-refractivity contribution is 5.82. The lowest BCUT2D eigenvalue weighted by Gasteiger charge is -2.25. The molecule has 1 rings (SSSR count). The summed E-state index contributed by atoms with van der Waals surface area (Å²) in [5.41, 5.74) is 1.04. The van der Waals surface area contributed by atoms with Crippen molar-refractivity contribution in [1.29, 1.82) is 0 Å². The summed E-state index contributed by atoms with van der Waals surface area (Å²) in [6.45, 7) is 6.59. The summed E-state index contributed by atoms with van der Waals surface area (Å²) in [4.78, 5) is 22.8. The van der Waals surface area contributed by atoms with Crippen LogP contribution in [0.4, 0.5) is 0 Å². The highest BCUT2D eigenvalue weighted by atomic mass is 16.5. The minimum absolute atomic E-state index is 0.0858. The average Bonchev–Trinajstić information content (AvgIpc) is 2.63. The number of carbonyl (C=O) groups excluding carboxylic acids is 1. The van der Waals surface area contributed by atoms with Gasteiger partial charge >= 0.3 is 5.97 Å². The van der Waals surface area contributed by atoms with E-state index in [1.54, 1.807) is 14.2 Å². The van der Waals surface area contributed by atoms with Crippen molar-refractivity contribution in [1.82, 2.24) is 5.32 Å². The molecule has 0 aliphatic heterocycles. The Bertz CT molecular complexity index is 631. The fourth-order valence-corrected chi connectivity index (χ4v) is 3.01. The number of nitrogens with one attached hydrogen (secondary N) is 1. The number of hydrogen-bond donors (Lipinski definition) is 2. The summed E-state index contributed by atoms with van der Waals surface area (Å²) in [5, 5.41) is 11.9. The number of amides is 1. The lowest BCUT2D eigenvalue weighted by atomic mass is 9.84. The van der Waals surface area contributed by atoms with Gasteiger partial charge in [-0.1, -0.05) is 19.9 Å². The van der Waals surface area contributed by atoms with Gasteiger partial charge in [-0.25, -0.2) is 4.79 Å². The van der Waals surface area contributed by atoms with Crippen LogP contribution >= 0.6 is 0 Å². The Hall–Kier alpha value is -2.28. The minimum Gasteiger partial charge on any atom is -0.493 e. The minimum atomic E-state index is -1.02. The van der Waals surface area contributed by atoms with E-state index in [2.05, 4.69) is 19.2 Å². The number of carboxylic acids is 1. The van der Waals surface area contributed by atoms with Gasteiger partial charge in [-0.15, -0.1) is 0 Å². The van der Waals surface area contributed by atoms with Crippen LogP contribution in [-0.2, 0) is 20.7 Å². The fourth-order valence-electron chi connectivity index (χ4n) is 3.01. The molecule has 1 aromatic carbocycles. The van der Waals surface area contributed by atoms with Crippen LogP contribution in [0.1, 0.15) is 39.2 Å². The SMILES string of the molecule is COCCCOc1cc(CC(CC(NC(C)=O)C(=O)O)C(C)C)ccc1OC. The first kappa shape index (κ1) is 23.8. The van der Waals surface area contributed by atoms with Crippen molar-refractivity contribution in [3.63, 3.8) is 0 Å². The summed E-state index contributed by atoms with van der Waals surface area (Å²) in [6, 6.07) is 4.87. The summed E-state index contributed by atoms with van der Waals surface area (Å²) >= 11 is 0. The van der Waals surface area contributed by atoms with Gasteiger partial charge in [0.1, 0.15) is 6.04 Å². The van der Waals surface area contributed by atoms with Gasteiger partial charge in [-0.05, 0) is 42.4 Å².